The third-order valence-electron chi connectivity index (χ3n) is 3.01. The lowest BCUT2D eigenvalue weighted by Crippen LogP contribution is -2.05. The zero-order chi connectivity index (χ0) is 13.7. The summed E-state index contributed by atoms with van der Waals surface area (Å²) in [6, 6.07) is 11.7. The normalized spacial score (nSPS) is 10.6. The number of ketones is 1. The lowest BCUT2D eigenvalue weighted by Gasteiger charge is -2.12. The number of carbonyl (C=O) groups is 1. The van der Waals surface area contributed by atoms with Crippen LogP contribution in [0.4, 0.5) is 0 Å². The van der Waals surface area contributed by atoms with E-state index < -0.39 is 0 Å². The Morgan fingerprint density at radius 2 is 2.00 bits per heavy atom. The van der Waals surface area contributed by atoms with Gasteiger partial charge in [0.15, 0.2) is 5.78 Å². The van der Waals surface area contributed by atoms with Crippen molar-refractivity contribution in [3.8, 4) is 5.75 Å². The van der Waals surface area contributed by atoms with Crippen LogP contribution >= 0.6 is 11.6 Å². The molecule has 19 heavy (non-hydrogen) atoms. The molecule has 0 N–H and O–H groups in total. The molecule has 3 heteroatoms. The Balaban J connectivity index is 2.52. The Labute approximate surface area is 118 Å². The summed E-state index contributed by atoms with van der Waals surface area (Å²) in [4.78, 5) is 12.4. The first-order valence-corrected chi connectivity index (χ1v) is 7.05. The Morgan fingerprint density at radius 3 is 2.74 bits per heavy atom. The molecule has 0 unspecified atom stereocenters. The fourth-order valence-electron chi connectivity index (χ4n) is 2.17. The van der Waals surface area contributed by atoms with E-state index in [1.807, 2.05) is 43.3 Å². The molecule has 0 bridgehead atoms. The summed E-state index contributed by atoms with van der Waals surface area (Å²) >= 11 is 5.67. The minimum atomic E-state index is 0.0981. The monoisotopic (exact) mass is 276 g/mol. The van der Waals surface area contributed by atoms with Crippen molar-refractivity contribution < 1.29 is 9.53 Å². The summed E-state index contributed by atoms with van der Waals surface area (Å²) in [7, 11) is 0. The van der Waals surface area contributed by atoms with Crippen LogP contribution in [0.3, 0.4) is 0 Å². The molecular weight excluding hydrogens is 260 g/mol. The number of hydrogen-bond acceptors (Lipinski definition) is 2. The molecule has 0 aliphatic rings. The number of Topliss-reactive ketones (excluding diaryl/α,β-unsaturated/α-hetero) is 1. The number of alkyl halides is 1. The van der Waals surface area contributed by atoms with Crippen molar-refractivity contribution in [2.45, 2.75) is 19.8 Å². The lowest BCUT2D eigenvalue weighted by molar-refractivity contribution is 0.0980. The van der Waals surface area contributed by atoms with Crippen LogP contribution in [-0.4, -0.2) is 18.3 Å². The van der Waals surface area contributed by atoms with Gasteiger partial charge in [0.05, 0.1) is 12.2 Å². The van der Waals surface area contributed by atoms with E-state index in [-0.39, 0.29) is 5.78 Å². The van der Waals surface area contributed by atoms with E-state index in [4.69, 9.17) is 16.3 Å². The summed E-state index contributed by atoms with van der Waals surface area (Å²) in [5.74, 6) is 1.27. The van der Waals surface area contributed by atoms with Crippen LogP contribution in [0.15, 0.2) is 36.4 Å². The molecule has 0 fully saturated rings. The van der Waals surface area contributed by atoms with Gasteiger partial charge in [0.25, 0.3) is 0 Å². The molecule has 0 aromatic heterocycles. The average molecular weight is 277 g/mol. The van der Waals surface area contributed by atoms with Crippen molar-refractivity contribution >= 4 is 28.2 Å². The summed E-state index contributed by atoms with van der Waals surface area (Å²) in [6.07, 6.45) is 1.15. The number of fused-ring (bicyclic) bond motifs is 1. The predicted octanol–water partition coefficient (Wildman–Crippen LogP) is 4.44. The number of halogens is 1. The van der Waals surface area contributed by atoms with Gasteiger partial charge in [0.2, 0.25) is 0 Å². The summed E-state index contributed by atoms with van der Waals surface area (Å²) in [6.45, 7) is 2.47. The molecular formula is C16H17ClO2. The highest BCUT2D eigenvalue weighted by Gasteiger charge is 2.15. The fourth-order valence-corrected chi connectivity index (χ4v) is 2.30. The third-order valence-corrected chi connectivity index (χ3v) is 3.27. The number of rotatable bonds is 6. The maximum absolute atomic E-state index is 12.4. The average Bonchev–Trinajstić information content (AvgIpc) is 2.45. The van der Waals surface area contributed by atoms with Crippen LogP contribution < -0.4 is 4.74 Å². The minimum absolute atomic E-state index is 0.0981. The molecule has 0 amide bonds. The van der Waals surface area contributed by atoms with Gasteiger partial charge in [0, 0.05) is 12.3 Å². The van der Waals surface area contributed by atoms with Gasteiger partial charge in [-0.3, -0.25) is 4.79 Å². The number of ether oxygens (including phenoxy) is 1. The largest absolute Gasteiger partial charge is 0.493 e. The topological polar surface area (TPSA) is 26.3 Å². The molecule has 0 aliphatic heterocycles. The Morgan fingerprint density at radius 1 is 1.21 bits per heavy atom. The maximum Gasteiger partial charge on any atom is 0.167 e. The smallest absolute Gasteiger partial charge is 0.167 e. The third kappa shape index (κ3) is 3.07. The van der Waals surface area contributed by atoms with E-state index in [2.05, 4.69) is 0 Å². The second kappa shape index (κ2) is 6.58. The van der Waals surface area contributed by atoms with Crippen molar-refractivity contribution in [2.75, 3.05) is 12.5 Å². The van der Waals surface area contributed by atoms with Crippen LogP contribution in [0, 0.1) is 0 Å². The molecule has 0 aliphatic carbocycles. The molecule has 2 aromatic carbocycles. The van der Waals surface area contributed by atoms with Gasteiger partial charge in [0.1, 0.15) is 5.75 Å². The predicted molar refractivity (Wildman–Crippen MR) is 79.4 cm³/mol. The van der Waals surface area contributed by atoms with Gasteiger partial charge >= 0.3 is 0 Å². The van der Waals surface area contributed by atoms with E-state index in [9.17, 15) is 4.79 Å². The maximum atomic E-state index is 12.4. The molecule has 2 rings (SSSR count). The summed E-state index contributed by atoms with van der Waals surface area (Å²) in [5.41, 5.74) is 0.685. The first-order valence-electron chi connectivity index (χ1n) is 6.51. The molecule has 0 spiro atoms. The van der Waals surface area contributed by atoms with Gasteiger partial charge in [-0.25, -0.2) is 0 Å². The van der Waals surface area contributed by atoms with Gasteiger partial charge in [-0.15, -0.1) is 11.6 Å². The SMILES string of the molecule is CCOc1ccc2ccccc2c1C(=O)CCCCl. The summed E-state index contributed by atoms with van der Waals surface area (Å²) in [5, 5.41) is 2.01. The zero-order valence-corrected chi connectivity index (χ0v) is 11.7. The van der Waals surface area contributed by atoms with E-state index in [1.54, 1.807) is 0 Å². The van der Waals surface area contributed by atoms with Crippen molar-refractivity contribution in [1.29, 1.82) is 0 Å². The van der Waals surface area contributed by atoms with Crippen LogP contribution in [-0.2, 0) is 0 Å². The van der Waals surface area contributed by atoms with Crippen LogP contribution in [0.5, 0.6) is 5.75 Å². The van der Waals surface area contributed by atoms with Crippen molar-refractivity contribution in [1.82, 2.24) is 0 Å². The molecule has 2 nitrogen and oxygen atoms in total. The van der Waals surface area contributed by atoms with E-state index in [0.29, 0.717) is 36.6 Å². The van der Waals surface area contributed by atoms with Crippen molar-refractivity contribution in [3.63, 3.8) is 0 Å². The highest BCUT2D eigenvalue weighted by atomic mass is 35.5. The summed E-state index contributed by atoms with van der Waals surface area (Å²) < 4.78 is 5.59. The van der Waals surface area contributed by atoms with Crippen molar-refractivity contribution in [2.24, 2.45) is 0 Å². The number of benzene rings is 2. The van der Waals surface area contributed by atoms with Gasteiger partial charge in [-0.1, -0.05) is 30.3 Å². The number of carbonyl (C=O) groups excluding carboxylic acids is 1. The molecule has 0 saturated carbocycles. The molecule has 100 valence electrons. The standard InChI is InChI=1S/C16H17ClO2/c1-2-19-15-10-9-12-6-3-4-7-13(12)16(15)14(18)8-5-11-17/h3-4,6-7,9-10H,2,5,8,11H2,1H3. The van der Waals surface area contributed by atoms with Gasteiger partial charge in [-0.2, -0.15) is 0 Å². The van der Waals surface area contributed by atoms with E-state index in [0.717, 1.165) is 10.8 Å². The molecule has 0 saturated heterocycles. The zero-order valence-electron chi connectivity index (χ0n) is 11.0. The quantitative estimate of drug-likeness (QED) is 0.576. The highest BCUT2D eigenvalue weighted by molar-refractivity contribution is 6.18. The Kier molecular flexibility index (Phi) is 4.80. The van der Waals surface area contributed by atoms with Crippen LogP contribution in [0.1, 0.15) is 30.1 Å². The first-order chi connectivity index (χ1) is 9.27. The molecule has 2 aromatic rings. The van der Waals surface area contributed by atoms with Gasteiger partial charge in [-0.05, 0) is 30.2 Å². The van der Waals surface area contributed by atoms with Crippen LogP contribution in [0.2, 0.25) is 0 Å². The Bertz CT molecular complexity index is 578. The highest BCUT2D eigenvalue weighted by Crippen LogP contribution is 2.29. The van der Waals surface area contributed by atoms with E-state index >= 15 is 0 Å². The minimum Gasteiger partial charge on any atom is -0.493 e. The lowest BCUT2D eigenvalue weighted by atomic mass is 9.98. The Hall–Kier alpha value is -1.54. The second-order valence-corrected chi connectivity index (χ2v) is 4.69. The molecule has 0 radical (unpaired) electrons. The second-order valence-electron chi connectivity index (χ2n) is 4.31. The van der Waals surface area contributed by atoms with Gasteiger partial charge < -0.3 is 4.74 Å². The van der Waals surface area contributed by atoms with Crippen LogP contribution in [0.25, 0.3) is 10.8 Å². The molecule has 0 atom stereocenters. The fraction of sp³-hybridized carbons (Fsp3) is 0.312. The number of hydrogen-bond donors (Lipinski definition) is 0. The van der Waals surface area contributed by atoms with Crippen molar-refractivity contribution in [3.05, 3.63) is 42.0 Å². The molecule has 0 heterocycles. The van der Waals surface area contributed by atoms with E-state index in [1.165, 1.54) is 0 Å². The first kappa shape index (κ1) is 13.9.